The van der Waals surface area contributed by atoms with E-state index < -0.39 is 135 Å². The summed E-state index contributed by atoms with van der Waals surface area (Å²) >= 11 is 4.75. The molecule has 9 heterocycles. The van der Waals surface area contributed by atoms with Crippen molar-refractivity contribution in [1.29, 1.82) is 0 Å². The van der Waals surface area contributed by atoms with E-state index in [1.807, 2.05) is 0 Å². The fourth-order valence-electron chi connectivity index (χ4n) is 8.57. The maximum absolute atomic E-state index is 13.7. The number of nitrogens with zero attached hydrogens (tertiary/aromatic N) is 10. The van der Waals surface area contributed by atoms with Gasteiger partial charge in [0.15, 0.2) is 41.4 Å². The van der Waals surface area contributed by atoms with Crippen LogP contribution in [0, 0.1) is 0 Å². The summed E-state index contributed by atoms with van der Waals surface area (Å²) in [4.78, 5) is 96.9. The number of imidazole rings is 3. The number of aliphatic hydroxyl groups is 3. The molecule has 9 rings (SSSR count). The first-order valence-electron chi connectivity index (χ1n) is 21.5. The van der Waals surface area contributed by atoms with Crippen molar-refractivity contribution >= 4 is 93.2 Å². The van der Waals surface area contributed by atoms with Gasteiger partial charge in [0.2, 0.25) is 17.7 Å². The van der Waals surface area contributed by atoms with E-state index in [0.29, 0.717) is 0 Å². The molecule has 15 N–H and O–H groups in total. The smallest absolute Gasteiger partial charge is 0.387 e. The van der Waals surface area contributed by atoms with Crippen LogP contribution in [0.2, 0.25) is 0 Å². The van der Waals surface area contributed by atoms with Crippen molar-refractivity contribution in [2.45, 2.75) is 73.6 Å². The summed E-state index contributed by atoms with van der Waals surface area (Å²) in [6.07, 6.45) is -13.9. The van der Waals surface area contributed by atoms with E-state index >= 15 is 0 Å². The third kappa shape index (κ3) is 11.1. The van der Waals surface area contributed by atoms with Crippen molar-refractivity contribution in [1.82, 2.24) is 53.6 Å². The number of aromatic nitrogens is 12. The van der Waals surface area contributed by atoms with Crippen molar-refractivity contribution in [2.24, 2.45) is 7.05 Å². The molecule has 16 atom stereocenters. The zero-order chi connectivity index (χ0) is 55.0. The zero-order valence-electron chi connectivity index (χ0n) is 38.9. The van der Waals surface area contributed by atoms with E-state index in [2.05, 4.69) is 48.5 Å². The van der Waals surface area contributed by atoms with E-state index in [-0.39, 0.29) is 51.2 Å². The number of ether oxygens (including phenoxy) is 5. The second kappa shape index (κ2) is 21.1. The van der Waals surface area contributed by atoms with Crippen LogP contribution in [-0.2, 0) is 83.0 Å². The summed E-state index contributed by atoms with van der Waals surface area (Å²) < 4.78 is 104. The normalized spacial score (nSPS) is 30.2. The van der Waals surface area contributed by atoms with Crippen LogP contribution in [0.15, 0.2) is 34.9 Å². The van der Waals surface area contributed by atoms with Gasteiger partial charge >= 0.3 is 35.8 Å². The van der Waals surface area contributed by atoms with Crippen LogP contribution in [0.3, 0.4) is 0 Å². The molecule has 76 heavy (non-hydrogen) atoms. The molecule has 6 aromatic rings. The quantitative estimate of drug-likeness (QED) is 0.0256. The number of nitrogen functional groups attached to an aromatic ring is 3. The van der Waals surface area contributed by atoms with Gasteiger partial charge in [0.25, 0.3) is 17.1 Å². The Balaban J connectivity index is 0.866. The van der Waals surface area contributed by atoms with E-state index in [1.54, 1.807) is 0 Å². The molecule has 43 heteroatoms. The molecule has 3 saturated heterocycles. The molecule has 7 unspecified atom stereocenters. The van der Waals surface area contributed by atoms with E-state index in [9.17, 15) is 58.2 Å². The predicted octanol–water partition coefficient (Wildman–Crippen LogP) is -3.94. The first kappa shape index (κ1) is 56.0. The number of phosphoric ester groups is 3. The minimum absolute atomic E-state index is 0.0121. The van der Waals surface area contributed by atoms with Crippen molar-refractivity contribution in [3.05, 3.63) is 46.0 Å². The highest BCUT2D eigenvalue weighted by molar-refractivity contribution is 8.09. The zero-order valence-corrected chi connectivity index (χ0v) is 43.3. The van der Waals surface area contributed by atoms with Crippen LogP contribution in [0.4, 0.5) is 17.7 Å². The van der Waals surface area contributed by atoms with Gasteiger partial charge in [-0.15, -0.1) is 0 Å². The Bertz CT molecular complexity index is 3490. The molecule has 0 spiro atoms. The first-order valence-corrected chi connectivity index (χ1v) is 28.6. The molecule has 0 saturated carbocycles. The summed E-state index contributed by atoms with van der Waals surface area (Å²) in [5.41, 5.74) is 15.8. The molecule has 3 fully saturated rings. The molecule has 3 aliphatic heterocycles. The second-order valence-corrected chi connectivity index (χ2v) is 24.1. The third-order valence-electron chi connectivity index (χ3n) is 11.8. The standard InChI is InChI=1S/C33H45N15O23P4S/c1-45-10-48(26-16(45)28(53)44-33(36)42-26)30-19(51)20(61-2)12(67-30)5-64-73(56,57)70-75(60,76)71-74(58,59)65-6-13-21(22(62-3)31(68-13)46-8-39-14-23(34)37-7-38-24(14)46)69-72(54,55)63-4-11-17(49)18(50)29(66-11)47-9-40-15-25(47)41-32(35)43-27(15)52/h7-13,17-22,29-31,49-51H,4-6H2,1-3H3,(H11-,34,35,36,37,38,41,42,43,44,52,53,54,55,56,57,58,59,60,76)/p+1/t11-,12-,13-,17?,18+,19?,20+,21?,22+,29-,30-,31-,75?/m1/s1. The van der Waals surface area contributed by atoms with Gasteiger partial charge in [0, 0.05) is 14.2 Å². The Morgan fingerprint density at radius 1 is 0.697 bits per heavy atom. The number of hydrogen-bond acceptors (Lipinski definition) is 29. The number of hydrogen-bond donors (Lipinski definition) is 12. The van der Waals surface area contributed by atoms with Crippen LogP contribution in [0.5, 0.6) is 0 Å². The summed E-state index contributed by atoms with van der Waals surface area (Å²) in [6.45, 7) is -8.38. The molecule has 0 aliphatic carbocycles. The SMILES string of the molecule is CO[C@@H]1C(O)[C@H]([n+]2cn(C)c3c(=O)[nH]c(N)nc32)O[C@@H]1COP(=O)(O)OP(O)(=S)OP(=O)(O)OC[C@H]1O[C@@H](n2cnc3c(N)ncnc32)[C@@H](OC)C1OP(=O)(O)OC[C@H]1O[C@@H](n2cnc3c(=O)[nH]c(N)nc32)[C@@H](O)C1O. The van der Waals surface area contributed by atoms with Gasteiger partial charge in [0.05, 0.1) is 39.5 Å². The van der Waals surface area contributed by atoms with Gasteiger partial charge < -0.3 is 75.8 Å². The minimum Gasteiger partial charge on any atom is -0.387 e. The molecule has 6 aromatic heterocycles. The Morgan fingerprint density at radius 2 is 1.26 bits per heavy atom. The van der Waals surface area contributed by atoms with Crippen LogP contribution in [0.1, 0.15) is 18.7 Å². The van der Waals surface area contributed by atoms with E-state index in [1.165, 1.54) is 40.5 Å². The van der Waals surface area contributed by atoms with Crippen LogP contribution in [-0.4, -0.2) is 177 Å². The van der Waals surface area contributed by atoms with Gasteiger partial charge in [-0.05, 0) is 11.8 Å². The molecular formula is C33H46N15O23P4S+. The number of phosphoric acid groups is 3. The van der Waals surface area contributed by atoms with Gasteiger partial charge in [-0.25, -0.2) is 46.8 Å². The highest BCUT2D eigenvalue weighted by atomic mass is 32.5. The van der Waals surface area contributed by atoms with Gasteiger partial charge in [-0.2, -0.15) is 4.98 Å². The minimum atomic E-state index is -5.74. The maximum atomic E-state index is 13.7. The van der Waals surface area contributed by atoms with Crippen LogP contribution < -0.4 is 32.9 Å². The fraction of sp³-hybridized carbons (Fsp3) is 0.545. The molecule has 38 nitrogen and oxygen atoms in total. The lowest BCUT2D eigenvalue weighted by molar-refractivity contribution is -0.745. The van der Waals surface area contributed by atoms with Crippen LogP contribution >= 0.6 is 30.2 Å². The summed E-state index contributed by atoms with van der Waals surface area (Å²) in [5, 5.41) is 32.9. The van der Waals surface area contributed by atoms with E-state index in [4.69, 9.17) is 70.8 Å². The average molecular weight is 1180 g/mol. The van der Waals surface area contributed by atoms with Crippen molar-refractivity contribution in [2.75, 3.05) is 51.2 Å². The number of H-pyrrole nitrogens is 2. The average Bonchev–Trinajstić information content (AvgIpc) is 4.20. The monoisotopic (exact) mass is 1180 g/mol. The highest BCUT2D eigenvalue weighted by Crippen LogP contribution is 2.68. The van der Waals surface area contributed by atoms with Gasteiger partial charge in [0.1, 0.15) is 66.8 Å². The lowest BCUT2D eigenvalue weighted by Crippen LogP contribution is -2.46. The molecule has 0 bridgehead atoms. The number of anilines is 3. The summed E-state index contributed by atoms with van der Waals surface area (Å²) in [7, 11) is -12.9. The molecule has 0 amide bonds. The largest absolute Gasteiger partial charge is 0.479 e. The topological polar surface area (TPSA) is 534 Å². The number of nitrogens with one attached hydrogen (secondary N) is 2. The first-order chi connectivity index (χ1) is 35.7. The van der Waals surface area contributed by atoms with Crippen molar-refractivity contribution in [3.63, 3.8) is 0 Å². The number of aryl methyl sites for hydroxylation is 1. The third-order valence-corrected chi connectivity index (χ3v) is 18.2. The summed E-state index contributed by atoms with van der Waals surface area (Å²) in [5.74, 6) is -0.623. The molecular weight excluding hydrogens is 1130 g/mol. The Morgan fingerprint density at radius 3 is 1.92 bits per heavy atom. The molecule has 3 aliphatic rings. The number of fused-ring (bicyclic) bond motifs is 3. The highest BCUT2D eigenvalue weighted by Gasteiger charge is 2.54. The molecule has 0 radical (unpaired) electrons. The van der Waals surface area contributed by atoms with Crippen molar-refractivity contribution < 1.29 is 104 Å². The second-order valence-electron chi connectivity index (χ2n) is 16.7. The van der Waals surface area contributed by atoms with Gasteiger partial charge in [-0.1, -0.05) is 4.98 Å². The lowest BCUT2D eigenvalue weighted by atomic mass is 10.1. The number of aromatic amines is 2. The Labute approximate surface area is 427 Å². The number of aliphatic hydroxyl groups excluding tert-OH is 3. The number of methoxy groups -OCH3 is 2. The van der Waals surface area contributed by atoms with E-state index in [0.717, 1.165) is 24.3 Å². The lowest BCUT2D eigenvalue weighted by Gasteiger charge is -2.26. The van der Waals surface area contributed by atoms with Crippen molar-refractivity contribution in [3.8, 4) is 0 Å². The fourth-order valence-corrected chi connectivity index (χ4v) is 14.6. The molecule has 0 aromatic carbocycles. The maximum Gasteiger partial charge on any atom is 0.479 e. The predicted molar refractivity (Wildman–Crippen MR) is 250 cm³/mol. The summed E-state index contributed by atoms with van der Waals surface area (Å²) in [6, 6.07) is 0. The number of nitrogens with two attached hydrogens (primary N) is 3. The number of rotatable bonds is 20. The Kier molecular flexibility index (Phi) is 15.6. The molecule has 416 valence electrons. The Hall–Kier alpha value is -4.73. The van der Waals surface area contributed by atoms with Gasteiger partial charge in [-0.3, -0.25) is 51.4 Å². The van der Waals surface area contributed by atoms with Crippen LogP contribution in [0.25, 0.3) is 33.5 Å².